The first kappa shape index (κ1) is 10.5. The summed E-state index contributed by atoms with van der Waals surface area (Å²) in [6.45, 7) is 2.10. The molecule has 0 atom stereocenters. The highest BCUT2D eigenvalue weighted by Gasteiger charge is 2.11. The van der Waals surface area contributed by atoms with Crippen molar-refractivity contribution in [3.63, 3.8) is 0 Å². The number of carbonyl (C=O) groups excluding carboxylic acids is 1. The molecule has 0 spiro atoms. The normalized spacial score (nSPS) is 10.4. The minimum absolute atomic E-state index is 0.190. The van der Waals surface area contributed by atoms with Crippen LogP contribution in [0.3, 0.4) is 0 Å². The van der Waals surface area contributed by atoms with E-state index in [0.29, 0.717) is 22.8 Å². The van der Waals surface area contributed by atoms with Crippen molar-refractivity contribution in [2.75, 3.05) is 0 Å². The van der Waals surface area contributed by atoms with Crippen LogP contribution in [-0.4, -0.2) is 16.4 Å². The predicted octanol–water partition coefficient (Wildman–Crippen LogP) is 1.32. The second-order valence-electron chi connectivity index (χ2n) is 3.42. The molecular formula is C11H11N3O2. The summed E-state index contributed by atoms with van der Waals surface area (Å²) in [4.78, 5) is 15.0. The maximum Gasteiger partial charge on any atom is 0.240 e. The fraction of sp³-hybridized carbons (Fsp3) is 0.182. The zero-order valence-corrected chi connectivity index (χ0v) is 8.80. The summed E-state index contributed by atoms with van der Waals surface area (Å²) in [5.74, 6) is 0.745. The zero-order valence-electron chi connectivity index (χ0n) is 8.80. The van der Waals surface area contributed by atoms with Crippen molar-refractivity contribution in [3.05, 3.63) is 35.2 Å². The molecule has 0 amide bonds. The van der Waals surface area contributed by atoms with Crippen molar-refractivity contribution in [1.29, 1.82) is 0 Å². The van der Waals surface area contributed by atoms with Crippen molar-refractivity contribution in [3.8, 4) is 11.4 Å². The Morgan fingerprint density at radius 2 is 2.31 bits per heavy atom. The van der Waals surface area contributed by atoms with Crippen LogP contribution in [0.2, 0.25) is 0 Å². The van der Waals surface area contributed by atoms with Gasteiger partial charge in [-0.3, -0.25) is 4.79 Å². The quantitative estimate of drug-likeness (QED) is 0.784. The SMILES string of the molecule is Cc1ccc(-c2noc(CN)n2)c(C=O)c1. The van der Waals surface area contributed by atoms with E-state index in [1.54, 1.807) is 12.1 Å². The Morgan fingerprint density at radius 1 is 1.50 bits per heavy atom. The van der Waals surface area contributed by atoms with Gasteiger partial charge in [0, 0.05) is 11.1 Å². The number of hydrogen-bond acceptors (Lipinski definition) is 5. The number of aldehydes is 1. The average molecular weight is 217 g/mol. The Balaban J connectivity index is 2.50. The minimum Gasteiger partial charge on any atom is -0.338 e. The molecule has 0 unspecified atom stereocenters. The zero-order chi connectivity index (χ0) is 11.5. The van der Waals surface area contributed by atoms with E-state index in [2.05, 4.69) is 10.1 Å². The number of benzene rings is 1. The molecule has 5 nitrogen and oxygen atoms in total. The first-order valence-corrected chi connectivity index (χ1v) is 4.83. The van der Waals surface area contributed by atoms with Crippen molar-refractivity contribution < 1.29 is 9.32 Å². The standard InChI is InChI=1S/C11H11N3O2/c1-7-2-3-9(8(4-7)6-15)11-13-10(5-12)16-14-11/h2-4,6H,5,12H2,1H3. The molecule has 0 bridgehead atoms. The Hall–Kier alpha value is -2.01. The lowest BCUT2D eigenvalue weighted by Gasteiger charge is -2.00. The maximum absolute atomic E-state index is 10.9. The van der Waals surface area contributed by atoms with Crippen LogP contribution in [0.15, 0.2) is 22.7 Å². The van der Waals surface area contributed by atoms with Crippen LogP contribution in [0, 0.1) is 6.92 Å². The smallest absolute Gasteiger partial charge is 0.240 e. The molecule has 2 N–H and O–H groups in total. The van der Waals surface area contributed by atoms with E-state index < -0.39 is 0 Å². The van der Waals surface area contributed by atoms with Crippen LogP contribution in [0.5, 0.6) is 0 Å². The van der Waals surface area contributed by atoms with E-state index in [4.69, 9.17) is 10.3 Å². The second-order valence-corrected chi connectivity index (χ2v) is 3.42. The first-order chi connectivity index (χ1) is 7.74. The summed E-state index contributed by atoms with van der Waals surface area (Å²) in [7, 11) is 0. The van der Waals surface area contributed by atoms with Crippen molar-refractivity contribution >= 4 is 6.29 Å². The fourth-order valence-electron chi connectivity index (χ4n) is 1.43. The predicted molar refractivity (Wildman–Crippen MR) is 57.7 cm³/mol. The number of nitrogens with two attached hydrogens (primary N) is 1. The highest BCUT2D eigenvalue weighted by atomic mass is 16.5. The molecule has 0 radical (unpaired) electrons. The lowest BCUT2D eigenvalue weighted by Crippen LogP contribution is -1.96. The van der Waals surface area contributed by atoms with Gasteiger partial charge >= 0.3 is 0 Å². The number of aryl methyl sites for hydroxylation is 1. The van der Waals surface area contributed by atoms with E-state index in [0.717, 1.165) is 11.8 Å². The number of hydrogen-bond donors (Lipinski definition) is 1. The largest absolute Gasteiger partial charge is 0.338 e. The van der Waals surface area contributed by atoms with Gasteiger partial charge in [-0.25, -0.2) is 0 Å². The van der Waals surface area contributed by atoms with Crippen molar-refractivity contribution in [1.82, 2.24) is 10.1 Å². The Morgan fingerprint density at radius 3 is 2.94 bits per heavy atom. The molecular weight excluding hydrogens is 206 g/mol. The Bertz CT molecular complexity index is 520. The average Bonchev–Trinajstić information content (AvgIpc) is 2.77. The summed E-state index contributed by atoms with van der Waals surface area (Å²) in [5.41, 5.74) is 7.58. The number of carbonyl (C=O) groups is 1. The first-order valence-electron chi connectivity index (χ1n) is 4.83. The molecule has 2 rings (SSSR count). The van der Waals surface area contributed by atoms with E-state index in [1.807, 2.05) is 13.0 Å². The molecule has 82 valence electrons. The van der Waals surface area contributed by atoms with Gasteiger partial charge in [0.05, 0.1) is 6.54 Å². The van der Waals surface area contributed by atoms with E-state index in [9.17, 15) is 4.79 Å². The van der Waals surface area contributed by atoms with E-state index in [1.165, 1.54) is 0 Å². The van der Waals surface area contributed by atoms with Gasteiger partial charge < -0.3 is 10.3 Å². The molecule has 1 aromatic heterocycles. The third-order valence-electron chi connectivity index (χ3n) is 2.22. The Kier molecular flexibility index (Phi) is 2.78. The highest BCUT2D eigenvalue weighted by molar-refractivity contribution is 5.85. The molecule has 1 aromatic carbocycles. The summed E-state index contributed by atoms with van der Waals surface area (Å²) in [6.07, 6.45) is 0.779. The Labute approximate surface area is 92.3 Å². The summed E-state index contributed by atoms with van der Waals surface area (Å²) in [6, 6.07) is 5.46. The molecule has 0 saturated carbocycles. The lowest BCUT2D eigenvalue weighted by molar-refractivity contribution is 0.112. The van der Waals surface area contributed by atoms with Gasteiger partial charge in [-0.1, -0.05) is 22.9 Å². The van der Waals surface area contributed by atoms with Crippen LogP contribution in [0.1, 0.15) is 21.8 Å². The van der Waals surface area contributed by atoms with Gasteiger partial charge in [0.1, 0.15) is 0 Å². The van der Waals surface area contributed by atoms with Crippen LogP contribution in [-0.2, 0) is 6.54 Å². The van der Waals surface area contributed by atoms with E-state index in [-0.39, 0.29) is 6.54 Å². The second kappa shape index (κ2) is 4.24. The van der Waals surface area contributed by atoms with Gasteiger partial charge in [-0.05, 0) is 13.0 Å². The van der Waals surface area contributed by atoms with Gasteiger partial charge in [0.2, 0.25) is 11.7 Å². The molecule has 1 heterocycles. The van der Waals surface area contributed by atoms with Gasteiger partial charge in [-0.15, -0.1) is 0 Å². The van der Waals surface area contributed by atoms with Crippen molar-refractivity contribution in [2.45, 2.75) is 13.5 Å². The number of nitrogens with zero attached hydrogens (tertiary/aromatic N) is 2. The molecule has 2 aromatic rings. The summed E-state index contributed by atoms with van der Waals surface area (Å²) >= 11 is 0. The molecule has 0 aliphatic heterocycles. The third-order valence-corrected chi connectivity index (χ3v) is 2.22. The van der Waals surface area contributed by atoms with Crippen molar-refractivity contribution in [2.24, 2.45) is 5.73 Å². The summed E-state index contributed by atoms with van der Waals surface area (Å²) < 4.78 is 4.90. The van der Waals surface area contributed by atoms with Crippen LogP contribution in [0.4, 0.5) is 0 Å². The van der Waals surface area contributed by atoms with Crippen LogP contribution >= 0.6 is 0 Å². The molecule has 0 aliphatic rings. The summed E-state index contributed by atoms with van der Waals surface area (Å²) in [5, 5.41) is 3.77. The monoisotopic (exact) mass is 217 g/mol. The van der Waals surface area contributed by atoms with Crippen LogP contribution < -0.4 is 5.73 Å². The fourth-order valence-corrected chi connectivity index (χ4v) is 1.43. The molecule has 5 heteroatoms. The van der Waals surface area contributed by atoms with Gasteiger partial charge in [-0.2, -0.15) is 4.98 Å². The number of aromatic nitrogens is 2. The van der Waals surface area contributed by atoms with E-state index >= 15 is 0 Å². The highest BCUT2D eigenvalue weighted by Crippen LogP contribution is 2.20. The molecule has 0 aliphatic carbocycles. The lowest BCUT2D eigenvalue weighted by atomic mass is 10.1. The van der Waals surface area contributed by atoms with Gasteiger partial charge in [0.15, 0.2) is 6.29 Å². The third kappa shape index (κ3) is 1.85. The molecule has 0 saturated heterocycles. The molecule has 16 heavy (non-hydrogen) atoms. The molecule has 0 fully saturated rings. The van der Waals surface area contributed by atoms with Gasteiger partial charge in [0.25, 0.3) is 0 Å². The number of rotatable bonds is 3. The maximum atomic E-state index is 10.9. The minimum atomic E-state index is 0.190. The topological polar surface area (TPSA) is 82.0 Å². The van der Waals surface area contributed by atoms with Crippen LogP contribution in [0.25, 0.3) is 11.4 Å².